The molecule has 3 unspecified atom stereocenters. The van der Waals surface area contributed by atoms with Gasteiger partial charge in [-0.1, -0.05) is 18.2 Å². The summed E-state index contributed by atoms with van der Waals surface area (Å²) in [5, 5.41) is 3.00. The fourth-order valence-corrected chi connectivity index (χ4v) is 5.58. The fourth-order valence-electron chi connectivity index (χ4n) is 4.03. The van der Waals surface area contributed by atoms with Crippen molar-refractivity contribution < 1.29 is 13.3 Å². The van der Waals surface area contributed by atoms with E-state index in [1.165, 1.54) is 10.6 Å². The number of aryl methyl sites for hydroxylation is 2. The largest absolute Gasteiger partial charge is 0.497 e. The molecule has 1 aliphatic carbocycles. The summed E-state index contributed by atoms with van der Waals surface area (Å²) in [6, 6.07) is 14.4. The van der Waals surface area contributed by atoms with Crippen LogP contribution in [0.4, 0.5) is 21.6 Å². The van der Waals surface area contributed by atoms with Crippen molar-refractivity contribution in [3.05, 3.63) is 81.4 Å². The zero-order valence-electron chi connectivity index (χ0n) is 19.4. The minimum atomic E-state index is -1.35. The van der Waals surface area contributed by atoms with E-state index >= 15 is 0 Å². The Morgan fingerprint density at radius 3 is 2.64 bits per heavy atom. The van der Waals surface area contributed by atoms with Crippen LogP contribution in [0.1, 0.15) is 29.0 Å². The average molecular weight is 470 g/mol. The van der Waals surface area contributed by atoms with E-state index in [-0.39, 0.29) is 22.4 Å². The fraction of sp³-hybridized carbons (Fsp3) is 0.320. The zero-order valence-corrected chi connectivity index (χ0v) is 20.2. The quantitative estimate of drug-likeness (QED) is 0.552. The van der Waals surface area contributed by atoms with Crippen molar-refractivity contribution in [3.8, 4) is 5.75 Å². The number of anilines is 3. The van der Waals surface area contributed by atoms with E-state index in [1.54, 1.807) is 50.6 Å². The summed E-state index contributed by atoms with van der Waals surface area (Å²) in [7, 11) is 3.64. The minimum absolute atomic E-state index is 0.0522. The van der Waals surface area contributed by atoms with Crippen LogP contribution in [-0.4, -0.2) is 28.2 Å². The van der Waals surface area contributed by atoms with Crippen molar-refractivity contribution in [2.24, 2.45) is 7.05 Å². The van der Waals surface area contributed by atoms with Gasteiger partial charge in [-0.3, -0.25) is 13.7 Å². The standard InChI is InChI=1S/C25H28FN3O3S/c1-15-9-10-21(20(26)11-15)27-24-22(12-16(2)25(30)28(24)3)29(4)33(31)23-14-19(23)17-7-6-8-18(13-17)32-5/h6-13,19,23,27H,14H2,1-5H3. The number of pyridine rings is 1. The summed E-state index contributed by atoms with van der Waals surface area (Å²) in [6.45, 7) is 3.53. The molecule has 3 atom stereocenters. The molecule has 0 spiro atoms. The summed E-state index contributed by atoms with van der Waals surface area (Å²) >= 11 is 0. The van der Waals surface area contributed by atoms with Gasteiger partial charge in [0.2, 0.25) is 0 Å². The lowest BCUT2D eigenvalue weighted by molar-refractivity contribution is 0.414. The number of benzene rings is 2. The van der Waals surface area contributed by atoms with Crippen molar-refractivity contribution in [2.75, 3.05) is 23.8 Å². The molecule has 8 heteroatoms. The van der Waals surface area contributed by atoms with E-state index in [4.69, 9.17) is 4.74 Å². The van der Waals surface area contributed by atoms with E-state index in [9.17, 15) is 13.4 Å². The van der Waals surface area contributed by atoms with Crippen LogP contribution in [-0.2, 0) is 18.0 Å². The second kappa shape index (κ2) is 9.02. The molecule has 1 N–H and O–H groups in total. The molecule has 1 aliphatic rings. The third-order valence-electron chi connectivity index (χ3n) is 6.07. The Morgan fingerprint density at radius 2 is 1.94 bits per heavy atom. The van der Waals surface area contributed by atoms with Crippen LogP contribution in [0.3, 0.4) is 0 Å². The summed E-state index contributed by atoms with van der Waals surface area (Å²) in [5.74, 6) is 0.918. The Labute approximate surface area is 195 Å². The van der Waals surface area contributed by atoms with E-state index in [0.29, 0.717) is 17.1 Å². The van der Waals surface area contributed by atoms with Gasteiger partial charge in [-0.05, 0) is 61.7 Å². The van der Waals surface area contributed by atoms with Crippen LogP contribution in [0.15, 0.2) is 53.3 Å². The first-order valence-corrected chi connectivity index (χ1v) is 11.9. The van der Waals surface area contributed by atoms with Gasteiger partial charge in [-0.25, -0.2) is 8.60 Å². The lowest BCUT2D eigenvalue weighted by Crippen LogP contribution is -2.29. The molecule has 1 saturated carbocycles. The second-order valence-electron chi connectivity index (χ2n) is 8.46. The number of halogens is 1. The highest BCUT2D eigenvalue weighted by molar-refractivity contribution is 7.87. The van der Waals surface area contributed by atoms with Crippen molar-refractivity contribution in [1.29, 1.82) is 0 Å². The molecule has 1 fully saturated rings. The average Bonchev–Trinajstić information content (AvgIpc) is 3.60. The van der Waals surface area contributed by atoms with E-state index < -0.39 is 16.8 Å². The SMILES string of the molecule is COc1cccc(C2CC2S(=O)N(C)c2cc(C)c(=O)n(C)c2Nc2ccc(C)cc2F)c1. The topological polar surface area (TPSA) is 63.6 Å². The summed E-state index contributed by atoms with van der Waals surface area (Å²) < 4.78 is 36.5. The number of rotatable bonds is 7. The molecule has 1 heterocycles. The highest BCUT2D eigenvalue weighted by atomic mass is 32.2. The molecule has 6 nitrogen and oxygen atoms in total. The maximum Gasteiger partial charge on any atom is 0.254 e. The van der Waals surface area contributed by atoms with E-state index in [1.807, 2.05) is 31.2 Å². The molecular formula is C25H28FN3O3S. The van der Waals surface area contributed by atoms with E-state index in [0.717, 1.165) is 23.3 Å². The van der Waals surface area contributed by atoms with Gasteiger partial charge in [0.25, 0.3) is 5.56 Å². The van der Waals surface area contributed by atoms with Gasteiger partial charge in [0, 0.05) is 25.6 Å². The minimum Gasteiger partial charge on any atom is -0.497 e. The zero-order chi connectivity index (χ0) is 23.9. The lowest BCUT2D eigenvalue weighted by atomic mass is 10.1. The normalized spacial score (nSPS) is 18.0. The molecule has 4 rings (SSSR count). The van der Waals surface area contributed by atoms with Crippen LogP contribution in [0.5, 0.6) is 5.75 Å². The first kappa shape index (κ1) is 23.0. The third-order valence-corrected chi connectivity index (χ3v) is 7.85. The smallest absolute Gasteiger partial charge is 0.254 e. The lowest BCUT2D eigenvalue weighted by Gasteiger charge is -2.24. The predicted molar refractivity (Wildman–Crippen MR) is 132 cm³/mol. The van der Waals surface area contributed by atoms with Crippen molar-refractivity contribution in [2.45, 2.75) is 31.4 Å². The van der Waals surface area contributed by atoms with Crippen LogP contribution < -0.4 is 19.9 Å². The van der Waals surface area contributed by atoms with Crippen LogP contribution >= 0.6 is 0 Å². The molecular weight excluding hydrogens is 441 g/mol. The number of methoxy groups -OCH3 is 1. The first-order valence-electron chi connectivity index (χ1n) is 10.7. The van der Waals surface area contributed by atoms with Crippen molar-refractivity contribution in [1.82, 2.24) is 4.57 Å². The Hall–Kier alpha value is -3.13. The molecule has 33 heavy (non-hydrogen) atoms. The number of aromatic nitrogens is 1. The Kier molecular flexibility index (Phi) is 6.30. The highest BCUT2D eigenvalue weighted by Crippen LogP contribution is 2.47. The molecule has 0 aliphatic heterocycles. The number of nitrogens with one attached hydrogen (secondary N) is 1. The maximum atomic E-state index is 14.5. The van der Waals surface area contributed by atoms with Crippen molar-refractivity contribution >= 4 is 28.2 Å². The maximum absolute atomic E-state index is 14.5. The van der Waals surface area contributed by atoms with Crippen molar-refractivity contribution in [3.63, 3.8) is 0 Å². The van der Waals surface area contributed by atoms with Crippen LogP contribution in [0, 0.1) is 19.7 Å². The second-order valence-corrected chi connectivity index (χ2v) is 10.2. The van der Waals surface area contributed by atoms with Gasteiger partial charge in [-0.2, -0.15) is 0 Å². The van der Waals surface area contributed by atoms with E-state index in [2.05, 4.69) is 5.32 Å². The number of ether oxygens (including phenoxy) is 1. The van der Waals surface area contributed by atoms with Gasteiger partial charge in [0.1, 0.15) is 28.4 Å². The Morgan fingerprint density at radius 1 is 1.18 bits per heavy atom. The van der Waals surface area contributed by atoms with Gasteiger partial charge in [-0.15, -0.1) is 0 Å². The molecule has 2 aromatic carbocycles. The summed E-state index contributed by atoms with van der Waals surface area (Å²) in [5.41, 5.74) is 3.04. The van der Waals surface area contributed by atoms with Gasteiger partial charge in [0.15, 0.2) is 0 Å². The number of hydrogen-bond acceptors (Lipinski definition) is 4. The van der Waals surface area contributed by atoms with Crippen LogP contribution in [0.2, 0.25) is 0 Å². The van der Waals surface area contributed by atoms with Gasteiger partial charge in [0.05, 0.1) is 23.7 Å². The molecule has 0 radical (unpaired) electrons. The summed E-state index contributed by atoms with van der Waals surface area (Å²) in [6.07, 6.45) is 0.796. The summed E-state index contributed by atoms with van der Waals surface area (Å²) in [4.78, 5) is 12.6. The monoisotopic (exact) mass is 469 g/mol. The van der Waals surface area contributed by atoms with Gasteiger partial charge < -0.3 is 10.1 Å². The number of hydrogen-bond donors (Lipinski definition) is 1. The highest BCUT2D eigenvalue weighted by Gasteiger charge is 2.45. The Balaban J connectivity index is 1.65. The molecule has 0 bridgehead atoms. The Bertz CT molecular complexity index is 1290. The van der Waals surface area contributed by atoms with Crippen LogP contribution in [0.25, 0.3) is 0 Å². The molecule has 0 amide bonds. The molecule has 174 valence electrons. The third kappa shape index (κ3) is 4.53. The predicted octanol–water partition coefficient (Wildman–Crippen LogP) is 4.55. The first-order chi connectivity index (χ1) is 15.7. The molecule has 0 saturated heterocycles. The number of nitrogens with zero attached hydrogens (tertiary/aromatic N) is 2. The van der Waals surface area contributed by atoms with Gasteiger partial charge >= 0.3 is 0 Å². The molecule has 3 aromatic rings. The molecule has 1 aromatic heterocycles.